The van der Waals surface area contributed by atoms with Crippen LogP contribution in [0.1, 0.15) is 32.5 Å². The van der Waals surface area contributed by atoms with Crippen LogP contribution in [0.5, 0.6) is 0 Å². The van der Waals surface area contributed by atoms with Gasteiger partial charge in [-0.1, -0.05) is 25.9 Å². The first-order valence-electron chi connectivity index (χ1n) is 6.49. The normalized spacial score (nSPS) is 13.7. The molecule has 0 saturated carbocycles. The van der Waals surface area contributed by atoms with Crippen LogP contribution in [0.2, 0.25) is 0 Å². The summed E-state index contributed by atoms with van der Waals surface area (Å²) >= 11 is 0. The zero-order chi connectivity index (χ0) is 14.3. The van der Waals surface area contributed by atoms with Crippen molar-refractivity contribution in [2.45, 2.75) is 39.7 Å². The molecular formula is C13H24N2O4. The van der Waals surface area contributed by atoms with Crippen molar-refractivity contribution >= 4 is 0 Å². The molecule has 110 valence electrons. The van der Waals surface area contributed by atoms with Gasteiger partial charge in [-0.2, -0.15) is 4.98 Å². The molecule has 0 aliphatic carbocycles. The van der Waals surface area contributed by atoms with Crippen LogP contribution >= 0.6 is 0 Å². The molecular weight excluding hydrogens is 248 g/mol. The van der Waals surface area contributed by atoms with Crippen LogP contribution in [0.25, 0.3) is 0 Å². The van der Waals surface area contributed by atoms with E-state index in [2.05, 4.69) is 10.1 Å². The molecule has 1 N–H and O–H groups in total. The lowest BCUT2D eigenvalue weighted by atomic mass is 9.87. The summed E-state index contributed by atoms with van der Waals surface area (Å²) in [4.78, 5) is 4.23. The summed E-state index contributed by atoms with van der Waals surface area (Å²) < 4.78 is 15.3. The molecule has 1 rings (SSSR count). The van der Waals surface area contributed by atoms with Gasteiger partial charge < -0.3 is 19.1 Å². The monoisotopic (exact) mass is 272 g/mol. The van der Waals surface area contributed by atoms with E-state index in [1.54, 1.807) is 7.11 Å². The molecule has 0 amide bonds. The van der Waals surface area contributed by atoms with Gasteiger partial charge in [0.25, 0.3) is 0 Å². The molecule has 0 aromatic carbocycles. The first kappa shape index (κ1) is 16.1. The van der Waals surface area contributed by atoms with E-state index >= 15 is 0 Å². The van der Waals surface area contributed by atoms with Crippen molar-refractivity contribution in [2.75, 3.05) is 26.9 Å². The Bertz CT molecular complexity index is 360. The molecule has 0 bridgehead atoms. The number of nitrogens with zero attached hydrogens (tertiary/aromatic N) is 2. The van der Waals surface area contributed by atoms with Crippen LogP contribution in [0.15, 0.2) is 4.52 Å². The van der Waals surface area contributed by atoms with Gasteiger partial charge in [-0.15, -0.1) is 0 Å². The van der Waals surface area contributed by atoms with E-state index in [1.165, 1.54) is 0 Å². The van der Waals surface area contributed by atoms with Crippen LogP contribution in [-0.2, 0) is 22.3 Å². The van der Waals surface area contributed by atoms with E-state index in [9.17, 15) is 5.11 Å². The van der Waals surface area contributed by atoms with Crippen LogP contribution in [0.3, 0.4) is 0 Å². The molecule has 1 heterocycles. The van der Waals surface area contributed by atoms with E-state index in [0.717, 1.165) is 0 Å². The number of hydrogen-bond donors (Lipinski definition) is 1. The molecule has 0 fully saturated rings. The van der Waals surface area contributed by atoms with Crippen molar-refractivity contribution < 1.29 is 19.1 Å². The van der Waals surface area contributed by atoms with Gasteiger partial charge in [0.2, 0.25) is 5.89 Å². The number of aliphatic hydroxyl groups excluding tert-OH is 1. The molecule has 0 aliphatic heterocycles. The quantitative estimate of drug-likeness (QED) is 0.717. The highest BCUT2D eigenvalue weighted by Gasteiger charge is 2.24. The Hall–Kier alpha value is -0.980. The number of ether oxygens (including phenoxy) is 2. The first-order valence-corrected chi connectivity index (χ1v) is 6.49. The fourth-order valence-electron chi connectivity index (χ4n) is 1.35. The van der Waals surface area contributed by atoms with Gasteiger partial charge >= 0.3 is 0 Å². The average Bonchev–Trinajstić information content (AvgIpc) is 2.75. The van der Waals surface area contributed by atoms with Crippen molar-refractivity contribution in [3.05, 3.63) is 11.7 Å². The zero-order valence-electron chi connectivity index (χ0n) is 12.2. The van der Waals surface area contributed by atoms with Gasteiger partial charge in [0.05, 0.1) is 32.3 Å². The third-order valence-corrected chi connectivity index (χ3v) is 2.78. The summed E-state index contributed by atoms with van der Waals surface area (Å²) in [5, 5.41) is 13.8. The summed E-state index contributed by atoms with van der Waals surface area (Å²) in [5.41, 5.74) is -0.197. The third kappa shape index (κ3) is 6.13. The maximum atomic E-state index is 9.96. The maximum absolute atomic E-state index is 9.96. The number of rotatable bonds is 8. The Kier molecular flexibility index (Phi) is 6.41. The third-order valence-electron chi connectivity index (χ3n) is 2.78. The highest BCUT2D eigenvalue weighted by molar-refractivity contribution is 4.90. The van der Waals surface area contributed by atoms with Gasteiger partial charge in [0, 0.05) is 13.5 Å². The highest BCUT2D eigenvalue weighted by Crippen LogP contribution is 2.21. The van der Waals surface area contributed by atoms with Crippen LogP contribution < -0.4 is 0 Å². The van der Waals surface area contributed by atoms with Crippen LogP contribution in [0, 0.1) is 5.41 Å². The lowest BCUT2D eigenvalue weighted by Crippen LogP contribution is -2.28. The molecule has 1 unspecified atom stereocenters. The molecule has 6 heteroatoms. The highest BCUT2D eigenvalue weighted by atomic mass is 16.5. The number of aliphatic hydroxyl groups is 1. The Morgan fingerprint density at radius 2 is 2.00 bits per heavy atom. The first-order chi connectivity index (χ1) is 8.93. The summed E-state index contributed by atoms with van der Waals surface area (Å²) in [5.74, 6) is 1.07. The second-order valence-electron chi connectivity index (χ2n) is 5.55. The summed E-state index contributed by atoms with van der Waals surface area (Å²) in [7, 11) is 1.63. The van der Waals surface area contributed by atoms with E-state index in [4.69, 9.17) is 14.0 Å². The maximum Gasteiger partial charge on any atom is 0.229 e. The van der Waals surface area contributed by atoms with E-state index < -0.39 is 6.10 Å². The molecule has 1 aromatic heterocycles. The van der Waals surface area contributed by atoms with Gasteiger partial charge in [-0.05, 0) is 5.41 Å². The fraction of sp³-hybridized carbons (Fsp3) is 0.846. The van der Waals surface area contributed by atoms with E-state index in [-0.39, 0.29) is 5.41 Å². The molecule has 0 saturated heterocycles. The summed E-state index contributed by atoms with van der Waals surface area (Å²) in [6.07, 6.45) is 0.471. The minimum absolute atomic E-state index is 0.197. The second kappa shape index (κ2) is 7.57. The molecule has 0 radical (unpaired) electrons. The number of aromatic nitrogens is 2. The predicted octanol–water partition coefficient (Wildman–Crippen LogP) is 1.22. The van der Waals surface area contributed by atoms with Crippen LogP contribution in [0.4, 0.5) is 0 Å². The zero-order valence-corrected chi connectivity index (χ0v) is 12.2. The minimum Gasteiger partial charge on any atom is -0.392 e. The predicted molar refractivity (Wildman–Crippen MR) is 69.9 cm³/mol. The number of methoxy groups -OCH3 is 1. The molecule has 19 heavy (non-hydrogen) atoms. The van der Waals surface area contributed by atoms with E-state index in [1.807, 2.05) is 20.8 Å². The molecule has 1 atom stereocenters. The summed E-state index contributed by atoms with van der Waals surface area (Å²) in [6.45, 7) is 7.58. The SMILES string of the molecule is COCCOCCc1noc(CC(O)C(C)(C)C)n1. The standard InChI is InChI=1S/C13H24N2O4/c1-13(2,3)10(16)9-12-14-11(15-19-12)5-6-18-8-7-17-4/h10,16H,5-9H2,1-4H3. The number of hydrogen-bond acceptors (Lipinski definition) is 6. The molecule has 6 nitrogen and oxygen atoms in total. The van der Waals surface area contributed by atoms with Crippen molar-refractivity contribution in [1.82, 2.24) is 10.1 Å². The lowest BCUT2D eigenvalue weighted by Gasteiger charge is -2.24. The van der Waals surface area contributed by atoms with Crippen molar-refractivity contribution in [3.8, 4) is 0 Å². The van der Waals surface area contributed by atoms with Gasteiger partial charge in [-0.3, -0.25) is 0 Å². The van der Waals surface area contributed by atoms with E-state index in [0.29, 0.717) is 44.4 Å². The molecule has 0 aliphatic rings. The minimum atomic E-state index is -0.501. The van der Waals surface area contributed by atoms with Crippen molar-refractivity contribution in [2.24, 2.45) is 5.41 Å². The van der Waals surface area contributed by atoms with Crippen molar-refractivity contribution in [3.63, 3.8) is 0 Å². The van der Waals surface area contributed by atoms with Crippen LogP contribution in [-0.4, -0.2) is 48.3 Å². The van der Waals surface area contributed by atoms with Gasteiger partial charge in [-0.25, -0.2) is 0 Å². The van der Waals surface area contributed by atoms with Crippen molar-refractivity contribution in [1.29, 1.82) is 0 Å². The Morgan fingerprint density at radius 3 is 2.63 bits per heavy atom. The smallest absolute Gasteiger partial charge is 0.229 e. The van der Waals surface area contributed by atoms with Gasteiger partial charge in [0.1, 0.15) is 0 Å². The summed E-state index contributed by atoms with van der Waals surface area (Å²) in [6, 6.07) is 0. The Balaban J connectivity index is 2.32. The molecule has 1 aromatic rings. The fourth-order valence-corrected chi connectivity index (χ4v) is 1.35. The Labute approximate surface area is 114 Å². The largest absolute Gasteiger partial charge is 0.392 e. The van der Waals surface area contributed by atoms with Gasteiger partial charge in [0.15, 0.2) is 5.82 Å². The topological polar surface area (TPSA) is 77.6 Å². The lowest BCUT2D eigenvalue weighted by molar-refractivity contribution is 0.0565. The average molecular weight is 272 g/mol. The molecule has 0 spiro atoms. The second-order valence-corrected chi connectivity index (χ2v) is 5.55. The Morgan fingerprint density at radius 1 is 1.26 bits per heavy atom.